The first-order valence-electron chi connectivity index (χ1n) is 7.41. The molecule has 0 bridgehead atoms. The van der Waals surface area contributed by atoms with E-state index in [0.29, 0.717) is 5.56 Å². The van der Waals surface area contributed by atoms with E-state index in [1.54, 1.807) is 37.3 Å². The third-order valence-electron chi connectivity index (χ3n) is 3.90. The molecule has 2 aromatic carbocycles. The molecular weight excluding hydrogens is 390 g/mol. The van der Waals surface area contributed by atoms with Crippen molar-refractivity contribution in [3.05, 3.63) is 74.2 Å². The monoisotopic (exact) mass is 403 g/mol. The minimum absolute atomic E-state index is 0.0351. The molecule has 0 N–H and O–H groups in total. The van der Waals surface area contributed by atoms with Crippen molar-refractivity contribution in [2.24, 2.45) is 5.10 Å². The molecule has 0 aliphatic carbocycles. The van der Waals surface area contributed by atoms with Crippen LogP contribution >= 0.6 is 15.9 Å². The van der Waals surface area contributed by atoms with Gasteiger partial charge in [-0.25, -0.2) is 0 Å². The molecule has 1 heterocycles. The largest absolute Gasteiger partial charge is 0.443 e. The Kier molecular flexibility index (Phi) is 4.30. The predicted octanol–water partition coefficient (Wildman–Crippen LogP) is 3.77. The van der Waals surface area contributed by atoms with E-state index in [9.17, 15) is 14.9 Å². The van der Waals surface area contributed by atoms with Crippen LogP contribution in [0.25, 0.3) is 0 Å². The van der Waals surface area contributed by atoms with Crippen molar-refractivity contribution >= 4 is 33.4 Å². The Hall–Kier alpha value is -2.74. The van der Waals surface area contributed by atoms with Crippen molar-refractivity contribution in [2.45, 2.75) is 19.6 Å². The number of nitro groups is 1. The Labute approximate surface area is 152 Å². The van der Waals surface area contributed by atoms with Gasteiger partial charge in [-0.3, -0.25) is 14.9 Å². The quantitative estimate of drug-likeness (QED) is 0.576. The number of rotatable bonds is 3. The smallest absolute Gasteiger partial charge is 0.282 e. The van der Waals surface area contributed by atoms with E-state index in [-0.39, 0.29) is 23.1 Å². The van der Waals surface area contributed by atoms with Gasteiger partial charge in [0, 0.05) is 30.0 Å². The van der Waals surface area contributed by atoms with Crippen molar-refractivity contribution in [1.29, 1.82) is 0 Å². The van der Waals surface area contributed by atoms with E-state index in [0.717, 1.165) is 4.47 Å². The number of nitro benzene ring substituents is 1. The van der Waals surface area contributed by atoms with Gasteiger partial charge < -0.3 is 4.74 Å². The molecule has 1 amide bonds. The topological polar surface area (TPSA) is 85.0 Å². The molecule has 3 rings (SSSR count). The summed E-state index contributed by atoms with van der Waals surface area (Å²) < 4.78 is 6.84. The summed E-state index contributed by atoms with van der Waals surface area (Å²) in [5, 5.41) is 16.7. The summed E-state index contributed by atoms with van der Waals surface area (Å²) in [6, 6.07) is 13.4. The number of nitrogens with zero attached hydrogens (tertiary/aromatic N) is 3. The second-order valence-electron chi connectivity index (χ2n) is 5.60. The highest BCUT2D eigenvalue weighted by atomic mass is 79.9. The average Bonchev–Trinajstić information content (AvgIpc) is 2.94. The molecule has 0 saturated heterocycles. The third-order valence-corrected chi connectivity index (χ3v) is 4.43. The lowest BCUT2D eigenvalue weighted by molar-refractivity contribution is -0.385. The number of hydrogen-bond acceptors (Lipinski definition) is 5. The molecule has 8 heteroatoms. The molecule has 0 unspecified atom stereocenters. The first-order chi connectivity index (χ1) is 11.8. The van der Waals surface area contributed by atoms with Crippen LogP contribution in [0, 0.1) is 10.1 Å². The van der Waals surface area contributed by atoms with Crippen molar-refractivity contribution in [3.63, 3.8) is 0 Å². The molecule has 1 aliphatic heterocycles. The van der Waals surface area contributed by atoms with Gasteiger partial charge in [-0.2, -0.15) is 5.01 Å². The standard InChI is InChI=1S/C17H14BrN3O4/c1-11(22)20-17(2,12-7-9-13(18)10-8-12)25-16(19-20)14-5-3-4-6-15(14)21(23)24/h3-10H,1-2H3/t17-/m0/s1. The highest BCUT2D eigenvalue weighted by molar-refractivity contribution is 9.10. The Morgan fingerprint density at radius 1 is 1.24 bits per heavy atom. The molecule has 0 fully saturated rings. The van der Waals surface area contributed by atoms with Gasteiger partial charge in [0.15, 0.2) is 0 Å². The van der Waals surface area contributed by atoms with Gasteiger partial charge in [-0.1, -0.05) is 40.2 Å². The van der Waals surface area contributed by atoms with Crippen LogP contribution in [0.4, 0.5) is 5.69 Å². The van der Waals surface area contributed by atoms with E-state index in [1.807, 2.05) is 12.1 Å². The zero-order chi connectivity index (χ0) is 18.2. The molecule has 2 aromatic rings. The number of para-hydroxylation sites is 1. The Morgan fingerprint density at radius 3 is 2.48 bits per heavy atom. The molecule has 1 aliphatic rings. The Morgan fingerprint density at radius 2 is 1.88 bits per heavy atom. The van der Waals surface area contributed by atoms with Crippen LogP contribution in [0.2, 0.25) is 0 Å². The SMILES string of the molecule is CC(=O)N1N=C(c2ccccc2[N+](=O)[O-])O[C@@]1(C)c1ccc(Br)cc1. The number of hydrogen-bond donors (Lipinski definition) is 0. The van der Waals surface area contributed by atoms with E-state index in [2.05, 4.69) is 21.0 Å². The number of halogens is 1. The summed E-state index contributed by atoms with van der Waals surface area (Å²) in [6.07, 6.45) is 0. The fraction of sp³-hybridized carbons (Fsp3) is 0.176. The summed E-state index contributed by atoms with van der Waals surface area (Å²) in [5.74, 6) is -0.299. The number of carbonyl (C=O) groups is 1. The first-order valence-corrected chi connectivity index (χ1v) is 8.20. The molecule has 128 valence electrons. The fourth-order valence-electron chi connectivity index (χ4n) is 2.67. The van der Waals surface area contributed by atoms with Crippen LogP contribution < -0.4 is 0 Å². The summed E-state index contributed by atoms with van der Waals surface area (Å²) >= 11 is 3.36. The Bertz CT molecular complexity index is 882. The summed E-state index contributed by atoms with van der Waals surface area (Å²) in [6.45, 7) is 3.06. The molecule has 0 radical (unpaired) electrons. The van der Waals surface area contributed by atoms with Crippen molar-refractivity contribution in [3.8, 4) is 0 Å². The maximum Gasteiger partial charge on any atom is 0.282 e. The van der Waals surface area contributed by atoms with Crippen molar-refractivity contribution in [1.82, 2.24) is 5.01 Å². The maximum atomic E-state index is 12.1. The number of benzene rings is 2. The number of carbonyl (C=O) groups excluding carboxylic acids is 1. The van der Waals surface area contributed by atoms with E-state index in [4.69, 9.17) is 4.74 Å². The molecule has 25 heavy (non-hydrogen) atoms. The van der Waals surface area contributed by atoms with Gasteiger partial charge in [0.1, 0.15) is 5.56 Å². The molecular formula is C17H14BrN3O4. The normalized spacial score (nSPS) is 19.3. The molecule has 0 spiro atoms. The summed E-state index contributed by atoms with van der Waals surface area (Å²) in [7, 11) is 0. The zero-order valence-electron chi connectivity index (χ0n) is 13.5. The minimum Gasteiger partial charge on any atom is -0.443 e. The van der Waals surface area contributed by atoms with Crippen molar-refractivity contribution < 1.29 is 14.5 Å². The fourth-order valence-corrected chi connectivity index (χ4v) is 2.94. The van der Waals surface area contributed by atoms with Crippen LogP contribution in [-0.4, -0.2) is 21.7 Å². The highest BCUT2D eigenvalue weighted by Crippen LogP contribution is 2.38. The average molecular weight is 404 g/mol. The highest BCUT2D eigenvalue weighted by Gasteiger charge is 2.45. The first kappa shape index (κ1) is 17.1. The lowest BCUT2D eigenvalue weighted by atomic mass is 10.0. The van der Waals surface area contributed by atoms with Gasteiger partial charge in [0.2, 0.25) is 17.5 Å². The summed E-state index contributed by atoms with van der Waals surface area (Å²) in [4.78, 5) is 22.9. The molecule has 1 atom stereocenters. The Balaban J connectivity index is 2.08. The van der Waals surface area contributed by atoms with Crippen LogP contribution in [0.15, 0.2) is 58.1 Å². The molecule has 7 nitrogen and oxygen atoms in total. The summed E-state index contributed by atoms with van der Waals surface area (Å²) in [5.41, 5.74) is -0.404. The minimum atomic E-state index is -1.19. The van der Waals surface area contributed by atoms with Crippen LogP contribution in [0.5, 0.6) is 0 Å². The second kappa shape index (κ2) is 6.29. The van der Waals surface area contributed by atoms with Crippen LogP contribution in [0.1, 0.15) is 25.0 Å². The van der Waals surface area contributed by atoms with Crippen LogP contribution in [-0.2, 0) is 15.3 Å². The zero-order valence-corrected chi connectivity index (χ0v) is 15.1. The van der Waals surface area contributed by atoms with E-state index >= 15 is 0 Å². The maximum absolute atomic E-state index is 12.1. The number of amides is 1. The second-order valence-corrected chi connectivity index (χ2v) is 6.52. The van der Waals surface area contributed by atoms with E-state index < -0.39 is 10.6 Å². The lowest BCUT2D eigenvalue weighted by Crippen LogP contribution is -2.41. The van der Waals surface area contributed by atoms with E-state index in [1.165, 1.54) is 18.0 Å². The lowest BCUT2D eigenvalue weighted by Gasteiger charge is -2.31. The molecule has 0 saturated carbocycles. The van der Waals surface area contributed by atoms with Gasteiger partial charge in [-0.05, 0) is 18.2 Å². The van der Waals surface area contributed by atoms with Gasteiger partial charge in [0.25, 0.3) is 5.69 Å². The molecule has 0 aromatic heterocycles. The van der Waals surface area contributed by atoms with Crippen molar-refractivity contribution in [2.75, 3.05) is 0 Å². The number of ether oxygens (including phenoxy) is 1. The van der Waals surface area contributed by atoms with Gasteiger partial charge in [-0.15, -0.1) is 5.10 Å². The third kappa shape index (κ3) is 3.00. The van der Waals surface area contributed by atoms with Crippen LogP contribution in [0.3, 0.4) is 0 Å². The number of hydrazone groups is 1. The van der Waals surface area contributed by atoms with Gasteiger partial charge >= 0.3 is 0 Å². The predicted molar refractivity (Wildman–Crippen MR) is 94.7 cm³/mol. The van der Waals surface area contributed by atoms with Gasteiger partial charge in [0.05, 0.1) is 4.92 Å².